The lowest BCUT2D eigenvalue weighted by atomic mass is 9.82. The van der Waals surface area contributed by atoms with Crippen LogP contribution in [0.1, 0.15) is 19.3 Å². The summed E-state index contributed by atoms with van der Waals surface area (Å²) in [4.78, 5) is 0. The second kappa shape index (κ2) is 2.44. The van der Waals surface area contributed by atoms with E-state index in [1.165, 1.54) is 19.3 Å². The van der Waals surface area contributed by atoms with Gasteiger partial charge in [-0.1, -0.05) is 6.42 Å². The zero-order valence-corrected chi connectivity index (χ0v) is 6.79. The van der Waals surface area contributed by atoms with Gasteiger partial charge in [0, 0.05) is 18.5 Å². The maximum Gasteiger partial charge on any atom is 0.0503 e. The van der Waals surface area contributed by atoms with Gasteiger partial charge in [-0.15, -0.1) is 0 Å². The van der Waals surface area contributed by atoms with Gasteiger partial charge in [-0.3, -0.25) is 5.84 Å². The number of rotatable bonds is 1. The van der Waals surface area contributed by atoms with Gasteiger partial charge in [-0.2, -0.15) is 0 Å². The van der Waals surface area contributed by atoms with Crippen molar-refractivity contribution in [2.24, 2.45) is 17.2 Å². The molecule has 0 aromatic heterocycles. The maximum absolute atomic E-state index is 9.26. The van der Waals surface area contributed by atoms with Crippen LogP contribution in [0.15, 0.2) is 0 Å². The number of fused-ring (bicyclic) bond motifs is 1. The van der Waals surface area contributed by atoms with E-state index in [2.05, 4.69) is 0 Å². The van der Waals surface area contributed by atoms with Crippen molar-refractivity contribution in [1.82, 2.24) is 5.01 Å². The molecule has 0 amide bonds. The summed E-state index contributed by atoms with van der Waals surface area (Å²) in [6.07, 6.45) is 3.70. The number of hydrogen-bond acceptors (Lipinski definition) is 3. The fraction of sp³-hybridized carbons (Fsp3) is 1.00. The summed E-state index contributed by atoms with van der Waals surface area (Å²) in [5, 5.41) is 11.1. The average molecular weight is 156 g/mol. The molecule has 1 aliphatic heterocycles. The molecule has 0 aromatic rings. The molecule has 1 saturated carbocycles. The first-order valence-electron chi connectivity index (χ1n) is 4.37. The molecule has 0 aromatic carbocycles. The van der Waals surface area contributed by atoms with Crippen LogP contribution in [0.3, 0.4) is 0 Å². The number of nitrogens with two attached hydrogens (primary N) is 1. The van der Waals surface area contributed by atoms with Crippen molar-refractivity contribution in [3.05, 3.63) is 0 Å². The molecule has 1 aliphatic carbocycles. The van der Waals surface area contributed by atoms with Crippen molar-refractivity contribution in [3.63, 3.8) is 0 Å². The van der Waals surface area contributed by atoms with Crippen molar-refractivity contribution in [2.75, 3.05) is 19.7 Å². The highest BCUT2D eigenvalue weighted by Gasteiger charge is 2.48. The fourth-order valence-electron chi connectivity index (χ4n) is 2.71. The second-order valence-corrected chi connectivity index (χ2v) is 4.04. The third kappa shape index (κ3) is 0.991. The fourth-order valence-corrected chi connectivity index (χ4v) is 2.71. The van der Waals surface area contributed by atoms with E-state index < -0.39 is 0 Å². The zero-order chi connectivity index (χ0) is 7.90. The van der Waals surface area contributed by atoms with E-state index in [0.717, 1.165) is 13.1 Å². The van der Waals surface area contributed by atoms with Gasteiger partial charge < -0.3 is 5.11 Å². The molecule has 11 heavy (non-hydrogen) atoms. The van der Waals surface area contributed by atoms with Crippen LogP contribution >= 0.6 is 0 Å². The zero-order valence-electron chi connectivity index (χ0n) is 6.79. The molecule has 2 atom stereocenters. The lowest BCUT2D eigenvalue weighted by molar-refractivity contribution is 0.112. The minimum atomic E-state index is 0.175. The van der Waals surface area contributed by atoms with Crippen molar-refractivity contribution >= 4 is 0 Å². The molecular weight excluding hydrogens is 140 g/mol. The molecule has 0 bridgehead atoms. The Bertz CT molecular complexity index is 162. The second-order valence-electron chi connectivity index (χ2n) is 4.04. The summed E-state index contributed by atoms with van der Waals surface area (Å²) in [5.74, 6) is 6.37. The third-order valence-corrected chi connectivity index (χ3v) is 3.38. The SMILES string of the molecule is NN1C[C@@H]2CCC[C@]2(CO)C1. The highest BCUT2D eigenvalue weighted by Crippen LogP contribution is 2.47. The Morgan fingerprint density at radius 1 is 1.64 bits per heavy atom. The predicted molar refractivity (Wildman–Crippen MR) is 42.6 cm³/mol. The van der Waals surface area contributed by atoms with Gasteiger partial charge in [-0.05, 0) is 18.8 Å². The van der Waals surface area contributed by atoms with Crippen LogP contribution in [0.25, 0.3) is 0 Å². The molecule has 0 spiro atoms. The Hall–Kier alpha value is -0.120. The van der Waals surface area contributed by atoms with E-state index in [1.807, 2.05) is 5.01 Å². The van der Waals surface area contributed by atoms with Crippen molar-refractivity contribution in [3.8, 4) is 0 Å². The van der Waals surface area contributed by atoms with E-state index in [4.69, 9.17) is 5.84 Å². The Kier molecular flexibility index (Phi) is 1.67. The summed E-state index contributed by atoms with van der Waals surface area (Å²) in [6.45, 7) is 2.21. The number of aliphatic hydroxyl groups excluding tert-OH is 1. The van der Waals surface area contributed by atoms with Crippen LogP contribution in [-0.4, -0.2) is 29.8 Å². The average Bonchev–Trinajstić information content (AvgIpc) is 2.43. The van der Waals surface area contributed by atoms with Gasteiger partial charge in [0.05, 0.1) is 6.61 Å². The molecule has 0 unspecified atom stereocenters. The predicted octanol–water partition coefficient (Wildman–Crippen LogP) is -0.0455. The first-order valence-corrected chi connectivity index (χ1v) is 4.37. The molecule has 3 nitrogen and oxygen atoms in total. The monoisotopic (exact) mass is 156 g/mol. The van der Waals surface area contributed by atoms with Crippen LogP contribution in [0, 0.1) is 11.3 Å². The molecule has 0 radical (unpaired) electrons. The summed E-state index contributed by atoms with van der Waals surface area (Å²) in [5.41, 5.74) is 0.175. The number of aliphatic hydroxyl groups is 1. The minimum absolute atomic E-state index is 0.175. The Morgan fingerprint density at radius 3 is 3.09 bits per heavy atom. The lowest BCUT2D eigenvalue weighted by Crippen LogP contribution is -2.33. The largest absolute Gasteiger partial charge is 0.396 e. The molecule has 64 valence electrons. The highest BCUT2D eigenvalue weighted by molar-refractivity contribution is 4.98. The van der Waals surface area contributed by atoms with E-state index in [-0.39, 0.29) is 5.41 Å². The molecular formula is C8H16N2O. The summed E-state index contributed by atoms with van der Waals surface area (Å²) < 4.78 is 0. The Balaban J connectivity index is 2.15. The number of nitrogens with zero attached hydrogens (tertiary/aromatic N) is 1. The van der Waals surface area contributed by atoms with Crippen molar-refractivity contribution in [1.29, 1.82) is 0 Å². The van der Waals surface area contributed by atoms with E-state index in [1.54, 1.807) is 0 Å². The Morgan fingerprint density at radius 2 is 2.45 bits per heavy atom. The van der Waals surface area contributed by atoms with Gasteiger partial charge in [0.15, 0.2) is 0 Å². The first kappa shape index (κ1) is 7.53. The van der Waals surface area contributed by atoms with Crippen LogP contribution in [-0.2, 0) is 0 Å². The topological polar surface area (TPSA) is 49.5 Å². The van der Waals surface area contributed by atoms with Crippen LogP contribution in [0.4, 0.5) is 0 Å². The molecule has 2 aliphatic rings. The molecule has 3 heteroatoms. The van der Waals surface area contributed by atoms with Gasteiger partial charge >= 0.3 is 0 Å². The maximum atomic E-state index is 9.26. The quantitative estimate of drug-likeness (QED) is 0.523. The molecule has 2 rings (SSSR count). The normalized spacial score (nSPS) is 44.7. The van der Waals surface area contributed by atoms with Gasteiger partial charge in [-0.25, -0.2) is 5.01 Å². The number of hydrazine groups is 1. The van der Waals surface area contributed by atoms with Crippen LogP contribution < -0.4 is 5.84 Å². The third-order valence-electron chi connectivity index (χ3n) is 3.38. The first-order chi connectivity index (χ1) is 5.27. The van der Waals surface area contributed by atoms with E-state index >= 15 is 0 Å². The van der Waals surface area contributed by atoms with E-state index in [9.17, 15) is 5.11 Å². The van der Waals surface area contributed by atoms with Crippen LogP contribution in [0.5, 0.6) is 0 Å². The Labute approximate surface area is 67.1 Å². The standard InChI is InChI=1S/C8H16N2O/c9-10-4-7-2-1-3-8(7,5-10)6-11/h7,11H,1-6,9H2/t7-,8+/m0/s1. The van der Waals surface area contributed by atoms with Crippen molar-refractivity contribution < 1.29 is 5.11 Å². The van der Waals surface area contributed by atoms with Gasteiger partial charge in [0.2, 0.25) is 0 Å². The summed E-state index contributed by atoms with van der Waals surface area (Å²) >= 11 is 0. The number of hydrogen-bond donors (Lipinski definition) is 2. The molecule has 3 N–H and O–H groups in total. The molecule has 2 fully saturated rings. The summed E-state index contributed by atoms with van der Waals surface area (Å²) in [6, 6.07) is 0. The lowest BCUT2D eigenvalue weighted by Gasteiger charge is -2.25. The minimum Gasteiger partial charge on any atom is -0.396 e. The summed E-state index contributed by atoms with van der Waals surface area (Å²) in [7, 11) is 0. The van der Waals surface area contributed by atoms with Gasteiger partial charge in [0.1, 0.15) is 0 Å². The van der Waals surface area contributed by atoms with Gasteiger partial charge in [0.25, 0.3) is 0 Å². The van der Waals surface area contributed by atoms with Crippen LogP contribution in [0.2, 0.25) is 0 Å². The van der Waals surface area contributed by atoms with E-state index in [0.29, 0.717) is 12.5 Å². The smallest absolute Gasteiger partial charge is 0.0503 e. The highest BCUT2D eigenvalue weighted by atomic mass is 16.3. The van der Waals surface area contributed by atoms with Crippen molar-refractivity contribution in [2.45, 2.75) is 19.3 Å². The molecule has 1 saturated heterocycles. The molecule has 1 heterocycles.